The van der Waals surface area contributed by atoms with E-state index in [1.165, 1.54) is 12.1 Å². The first-order chi connectivity index (χ1) is 33.9. The lowest BCUT2D eigenvalue weighted by molar-refractivity contribution is 0.0190. The molecule has 8 N–H and O–H groups in total. The van der Waals surface area contributed by atoms with Crippen LogP contribution >= 0.6 is 0 Å². The fourth-order valence-corrected chi connectivity index (χ4v) is 10.4. The molecule has 2 aromatic heterocycles. The van der Waals surface area contributed by atoms with Gasteiger partial charge in [0.1, 0.15) is 35.5 Å². The molecule has 14 heteroatoms. The van der Waals surface area contributed by atoms with E-state index in [9.17, 15) is 27.8 Å². The third kappa shape index (κ3) is 12.2. The summed E-state index contributed by atoms with van der Waals surface area (Å²) >= 11 is 0. The van der Waals surface area contributed by atoms with Crippen molar-refractivity contribution in [3.63, 3.8) is 0 Å². The highest BCUT2D eigenvalue weighted by atomic mass is 19.1. The average Bonchev–Trinajstić information content (AvgIpc) is 3.38. The van der Waals surface area contributed by atoms with Crippen LogP contribution in [-0.2, 0) is 12.8 Å². The Hall–Kier alpha value is -5.74. The van der Waals surface area contributed by atoms with Crippen LogP contribution < -0.4 is 31.6 Å². The normalized spacial score (nSPS) is 20.5. The summed E-state index contributed by atoms with van der Waals surface area (Å²) in [5, 5.41) is 32.5. The Bertz CT molecular complexity index is 2610. The van der Waals surface area contributed by atoms with Crippen molar-refractivity contribution in [2.75, 3.05) is 27.3 Å². The highest BCUT2D eigenvalue weighted by Gasteiger charge is 2.30. The van der Waals surface area contributed by atoms with Gasteiger partial charge in [-0.3, -0.25) is 0 Å². The molecule has 8 rings (SSSR count). The van der Waals surface area contributed by atoms with Crippen LogP contribution in [0.3, 0.4) is 0 Å². The lowest BCUT2D eigenvalue weighted by Gasteiger charge is -2.33. The smallest absolute Gasteiger partial charge is 0.213 e. The number of aliphatic hydroxyl groups is 2. The van der Waals surface area contributed by atoms with Gasteiger partial charge in [-0.05, 0) is 147 Å². The molecule has 2 aliphatic carbocycles. The van der Waals surface area contributed by atoms with Gasteiger partial charge in [-0.2, -0.15) is 0 Å². The maximum absolute atomic E-state index is 14.0. The number of hydrogen-bond acceptors (Lipinski definition) is 10. The summed E-state index contributed by atoms with van der Waals surface area (Å²) in [4.78, 5) is 9.68. The molecule has 370 valence electrons. The van der Waals surface area contributed by atoms with Crippen LogP contribution in [0.2, 0.25) is 0 Å². The predicted molar refractivity (Wildman–Crippen MR) is 268 cm³/mol. The predicted octanol–water partition coefficient (Wildman–Crippen LogP) is 9.59. The molecule has 0 saturated heterocycles. The first kappa shape index (κ1) is 50.6. The van der Waals surface area contributed by atoms with E-state index < -0.39 is 35.5 Å². The van der Waals surface area contributed by atoms with E-state index in [1.807, 2.05) is 48.6 Å². The topological polar surface area (TPSA) is 161 Å². The minimum absolute atomic E-state index is 0.147. The van der Waals surface area contributed by atoms with E-state index in [0.717, 1.165) is 86.8 Å². The molecule has 0 aliphatic heterocycles. The number of aliphatic hydroxyl groups excluding tert-OH is 2. The van der Waals surface area contributed by atoms with Crippen LogP contribution in [0.25, 0.3) is 34.0 Å². The van der Waals surface area contributed by atoms with Gasteiger partial charge in [0, 0.05) is 71.3 Å². The number of benzene rings is 4. The Balaban J connectivity index is 0.907. The van der Waals surface area contributed by atoms with Crippen molar-refractivity contribution in [3.05, 3.63) is 154 Å². The number of methoxy groups -OCH3 is 2. The zero-order valence-electron chi connectivity index (χ0n) is 39.8. The average molecular weight is 961 g/mol. The van der Waals surface area contributed by atoms with Crippen LogP contribution in [0.15, 0.2) is 97.1 Å². The van der Waals surface area contributed by atoms with E-state index in [0.29, 0.717) is 82.7 Å². The van der Waals surface area contributed by atoms with Crippen LogP contribution in [0.4, 0.5) is 17.6 Å². The zero-order chi connectivity index (χ0) is 49.3. The van der Waals surface area contributed by atoms with Crippen molar-refractivity contribution < 1.29 is 37.2 Å². The van der Waals surface area contributed by atoms with Gasteiger partial charge in [0.15, 0.2) is 0 Å². The number of nitrogens with one attached hydrogen (secondary N) is 2. The molecule has 10 nitrogen and oxygen atoms in total. The van der Waals surface area contributed by atoms with Crippen molar-refractivity contribution in [3.8, 4) is 11.8 Å². The summed E-state index contributed by atoms with van der Waals surface area (Å²) in [6.45, 7) is 1.09. The van der Waals surface area contributed by atoms with Crippen LogP contribution in [0.1, 0.15) is 97.0 Å². The number of pyridine rings is 2. The van der Waals surface area contributed by atoms with Gasteiger partial charge in [-0.15, -0.1) is 0 Å². The largest absolute Gasteiger partial charge is 0.481 e. The van der Waals surface area contributed by atoms with Crippen LogP contribution in [0, 0.1) is 35.1 Å². The van der Waals surface area contributed by atoms with Gasteiger partial charge >= 0.3 is 0 Å². The van der Waals surface area contributed by atoms with Crippen LogP contribution in [0.5, 0.6) is 11.8 Å². The number of fused-ring (bicyclic) bond motifs is 2. The van der Waals surface area contributed by atoms with E-state index >= 15 is 0 Å². The Morgan fingerprint density at radius 2 is 0.971 bits per heavy atom. The third-order valence-electron chi connectivity index (χ3n) is 14.5. The summed E-state index contributed by atoms with van der Waals surface area (Å²) < 4.78 is 66.2. The number of ether oxygens (including phenoxy) is 2. The molecule has 70 heavy (non-hydrogen) atoms. The number of nitrogens with two attached hydrogens (primary N) is 2. The minimum atomic E-state index is -1.33. The Labute approximate surface area is 407 Å². The number of rotatable bonds is 19. The van der Waals surface area contributed by atoms with Gasteiger partial charge in [0.25, 0.3) is 0 Å². The highest BCUT2D eigenvalue weighted by Crippen LogP contribution is 2.39. The second-order valence-electron chi connectivity index (χ2n) is 18.9. The number of halogens is 4. The van der Waals surface area contributed by atoms with Crippen LogP contribution in [-0.4, -0.2) is 71.7 Å². The molecule has 2 heterocycles. The molecule has 2 unspecified atom stereocenters. The fraction of sp³-hybridized carbons (Fsp3) is 0.393. The van der Waals surface area contributed by atoms with E-state index in [-0.39, 0.29) is 35.0 Å². The molecular weight excluding hydrogens is 897 g/mol. The highest BCUT2D eigenvalue weighted by molar-refractivity contribution is 5.88. The summed E-state index contributed by atoms with van der Waals surface area (Å²) in [5.41, 5.74) is 18.5. The lowest BCUT2D eigenvalue weighted by Crippen LogP contribution is -2.39. The summed E-state index contributed by atoms with van der Waals surface area (Å²) in [6.07, 6.45) is 12.8. The molecule has 2 aliphatic rings. The van der Waals surface area contributed by atoms with Crippen molar-refractivity contribution in [1.82, 2.24) is 20.6 Å². The molecule has 0 amide bonds. The van der Waals surface area contributed by atoms with Crippen molar-refractivity contribution in [2.24, 2.45) is 23.3 Å². The quantitative estimate of drug-likeness (QED) is 0.0432. The first-order valence-electron chi connectivity index (χ1n) is 24.4. The number of nitrogens with zero attached hydrogens (tertiary/aromatic N) is 2. The van der Waals surface area contributed by atoms with Gasteiger partial charge in [-0.1, -0.05) is 48.6 Å². The van der Waals surface area contributed by atoms with Gasteiger partial charge in [0.05, 0.1) is 25.3 Å². The molecule has 0 bridgehead atoms. The zero-order valence-corrected chi connectivity index (χ0v) is 39.8. The van der Waals surface area contributed by atoms with E-state index in [2.05, 4.69) is 10.6 Å². The Morgan fingerprint density at radius 1 is 0.571 bits per heavy atom. The van der Waals surface area contributed by atoms with Gasteiger partial charge in [0.2, 0.25) is 11.8 Å². The van der Waals surface area contributed by atoms with Crippen molar-refractivity contribution in [1.29, 1.82) is 0 Å². The number of aromatic nitrogens is 2. The molecular formula is C56H64F4N6O4. The van der Waals surface area contributed by atoms with Gasteiger partial charge in [-0.25, -0.2) is 27.5 Å². The molecule has 0 spiro atoms. The first-order valence-corrected chi connectivity index (χ1v) is 24.4. The standard InChI is InChI=1S/C56H64F4N6O4/c1-69-51-25-21-43-45(19-11-37(53(43)65-51)31-49(61)33-7-15-41(16-8-33)63-27-3-5-35-29-39(57)13-23-47(35)59)55(67)56(68)46-20-12-38(54-44(46)22-26-52(66-54)70-2)32-50(62)34-9-17-42(18-10-34)64-28-4-6-36-30-40(58)14-24-48(36)60/h3-6,11-14,19-26,29-30,33-34,41-42,49-50,55-56,63-64,67-68H,7-10,15-18,27-28,31-32,61-62H2,1-2H3/b5-3+,6-4+/t33?,34?,41?,42?,49-,50+,55?,56?. The molecule has 4 atom stereocenters. The monoisotopic (exact) mass is 960 g/mol. The lowest BCUT2D eigenvalue weighted by atomic mass is 9.79. The molecule has 4 aromatic carbocycles. The third-order valence-corrected chi connectivity index (χ3v) is 14.5. The van der Waals surface area contributed by atoms with Crippen molar-refractivity contribution >= 4 is 34.0 Å². The maximum atomic E-state index is 14.0. The molecule has 6 aromatic rings. The van der Waals surface area contributed by atoms with Gasteiger partial charge < -0.3 is 41.8 Å². The molecule has 0 radical (unpaired) electrons. The van der Waals surface area contributed by atoms with Crippen molar-refractivity contribution in [2.45, 2.75) is 101 Å². The number of hydrogen-bond donors (Lipinski definition) is 6. The van der Waals surface area contributed by atoms with E-state index in [4.69, 9.17) is 30.9 Å². The Morgan fingerprint density at radius 3 is 1.36 bits per heavy atom. The summed E-state index contributed by atoms with van der Waals surface area (Å²) in [7, 11) is 3.12. The van der Waals surface area contributed by atoms with E-state index in [1.54, 1.807) is 38.5 Å². The fourth-order valence-electron chi connectivity index (χ4n) is 10.4. The minimum Gasteiger partial charge on any atom is -0.481 e. The second-order valence-corrected chi connectivity index (χ2v) is 18.9. The SMILES string of the molecule is COc1ccc2c(C(O)C(O)c3ccc(C[C@H](N)C4CCC(NC/C=C/c5cc(F)ccc5F)CC4)c4nc(OC)ccc34)ccc(C[C@@H](N)C3CCC(NC/C=C/c4cc(F)ccc4F)CC3)c2n1. The maximum Gasteiger partial charge on any atom is 0.213 e. The summed E-state index contributed by atoms with van der Waals surface area (Å²) in [6, 6.07) is 21.9. The second kappa shape index (κ2) is 23.4. The molecule has 2 saturated carbocycles. The molecule has 2 fully saturated rings. The summed E-state index contributed by atoms with van der Waals surface area (Å²) in [5.74, 6) is -0.465. The Kier molecular flexibility index (Phi) is 17.0.